The van der Waals surface area contributed by atoms with Crippen molar-refractivity contribution >= 4 is 28.8 Å². The van der Waals surface area contributed by atoms with Gasteiger partial charge in [0.2, 0.25) is 0 Å². The summed E-state index contributed by atoms with van der Waals surface area (Å²) in [5.74, 6) is -0.00739. The number of benzene rings is 3. The average Bonchev–Trinajstić information content (AvgIpc) is 3.04. The zero-order chi connectivity index (χ0) is 24.5. The number of hydrogen-bond acceptors (Lipinski definition) is 4. The molecule has 1 N–H and O–H groups in total. The van der Waals surface area contributed by atoms with Gasteiger partial charge in [0.25, 0.3) is 11.8 Å². The zero-order valence-electron chi connectivity index (χ0n) is 20.3. The Balaban J connectivity index is 1.77. The van der Waals surface area contributed by atoms with Crippen molar-refractivity contribution < 1.29 is 14.3 Å². The molecule has 1 heterocycles. The summed E-state index contributed by atoms with van der Waals surface area (Å²) in [7, 11) is 0. The number of nitrogens with zero attached hydrogens (tertiary/aromatic N) is 1. The molecule has 1 aliphatic rings. The predicted octanol–water partition coefficient (Wildman–Crippen LogP) is 6.09. The van der Waals surface area contributed by atoms with E-state index in [2.05, 4.69) is 26.1 Å². The van der Waals surface area contributed by atoms with Crippen LogP contribution in [-0.2, 0) is 15.0 Å². The van der Waals surface area contributed by atoms with Gasteiger partial charge >= 0.3 is 0 Å². The lowest BCUT2D eigenvalue weighted by molar-refractivity contribution is -0.120. The molecular formula is C29H30N2O3. The number of para-hydroxylation sites is 1. The highest BCUT2D eigenvalue weighted by Crippen LogP contribution is 2.36. The highest BCUT2D eigenvalue weighted by atomic mass is 16.5. The van der Waals surface area contributed by atoms with Crippen LogP contribution in [0.1, 0.15) is 44.4 Å². The number of rotatable bonds is 6. The van der Waals surface area contributed by atoms with Crippen LogP contribution < -0.4 is 15.0 Å². The van der Waals surface area contributed by atoms with E-state index in [0.29, 0.717) is 29.2 Å². The largest absolute Gasteiger partial charge is 0.494 e. The second-order valence-electron chi connectivity index (χ2n) is 9.39. The van der Waals surface area contributed by atoms with Gasteiger partial charge in [-0.1, -0.05) is 63.2 Å². The monoisotopic (exact) mass is 454 g/mol. The van der Waals surface area contributed by atoms with Crippen molar-refractivity contribution in [2.75, 3.05) is 16.8 Å². The molecule has 0 spiro atoms. The van der Waals surface area contributed by atoms with Crippen molar-refractivity contribution in [1.29, 1.82) is 0 Å². The normalized spacial score (nSPS) is 14.1. The second kappa shape index (κ2) is 9.18. The van der Waals surface area contributed by atoms with Gasteiger partial charge < -0.3 is 10.1 Å². The third-order valence-corrected chi connectivity index (χ3v) is 5.91. The molecule has 174 valence electrons. The van der Waals surface area contributed by atoms with E-state index >= 15 is 0 Å². The van der Waals surface area contributed by atoms with Gasteiger partial charge in [-0.2, -0.15) is 0 Å². The van der Waals surface area contributed by atoms with Gasteiger partial charge in [-0.15, -0.1) is 0 Å². The van der Waals surface area contributed by atoms with Gasteiger partial charge in [-0.05, 0) is 66.3 Å². The lowest BCUT2D eigenvalue weighted by Gasteiger charge is -2.19. The van der Waals surface area contributed by atoms with Crippen LogP contribution >= 0.6 is 0 Å². The van der Waals surface area contributed by atoms with Crippen molar-refractivity contribution in [1.82, 2.24) is 0 Å². The predicted molar refractivity (Wildman–Crippen MR) is 137 cm³/mol. The van der Waals surface area contributed by atoms with Gasteiger partial charge in [-0.25, -0.2) is 4.90 Å². The van der Waals surface area contributed by atoms with E-state index < -0.39 is 0 Å². The Labute approximate surface area is 201 Å². The topological polar surface area (TPSA) is 58.6 Å². The molecule has 4 rings (SSSR count). The second-order valence-corrected chi connectivity index (χ2v) is 9.39. The molecule has 0 saturated heterocycles. The highest BCUT2D eigenvalue weighted by Gasteiger charge is 2.40. The molecule has 0 saturated carbocycles. The molecule has 2 amide bonds. The fourth-order valence-corrected chi connectivity index (χ4v) is 4.03. The molecule has 3 aromatic carbocycles. The molecule has 0 atom stereocenters. The molecule has 5 heteroatoms. The maximum absolute atomic E-state index is 13.6. The maximum atomic E-state index is 13.6. The molecule has 0 fully saturated rings. The number of hydrogen-bond donors (Lipinski definition) is 1. The third-order valence-electron chi connectivity index (χ3n) is 5.91. The third kappa shape index (κ3) is 4.46. The Morgan fingerprint density at radius 2 is 1.50 bits per heavy atom. The number of anilines is 2. The van der Waals surface area contributed by atoms with Gasteiger partial charge in [0.05, 0.1) is 17.9 Å². The lowest BCUT2D eigenvalue weighted by Crippen LogP contribution is -2.33. The first-order chi connectivity index (χ1) is 16.2. The Bertz CT molecular complexity index is 1250. The first-order valence-electron chi connectivity index (χ1n) is 11.5. The summed E-state index contributed by atoms with van der Waals surface area (Å²) in [6.45, 7) is 10.8. The minimum atomic E-state index is -0.372. The number of carbonyl (C=O) groups is 2. The highest BCUT2D eigenvalue weighted by molar-refractivity contribution is 6.46. The first-order valence-corrected chi connectivity index (χ1v) is 11.5. The van der Waals surface area contributed by atoms with Gasteiger partial charge in [0.15, 0.2) is 0 Å². The quantitative estimate of drug-likeness (QED) is 0.458. The fraction of sp³-hybridized carbons (Fsp3) is 0.241. The molecule has 3 aromatic rings. The van der Waals surface area contributed by atoms with Gasteiger partial charge in [0.1, 0.15) is 11.4 Å². The number of imide groups is 1. The molecular weight excluding hydrogens is 424 g/mol. The Hall–Kier alpha value is -3.86. The van der Waals surface area contributed by atoms with E-state index in [-0.39, 0.29) is 22.9 Å². The van der Waals surface area contributed by atoms with Crippen LogP contribution in [-0.4, -0.2) is 18.4 Å². The summed E-state index contributed by atoms with van der Waals surface area (Å²) >= 11 is 0. The van der Waals surface area contributed by atoms with Crippen molar-refractivity contribution in [3.05, 3.63) is 95.2 Å². The number of aryl methyl sites for hydroxylation is 1. The number of carbonyl (C=O) groups excluding carboxylic acids is 2. The minimum Gasteiger partial charge on any atom is -0.494 e. The summed E-state index contributed by atoms with van der Waals surface area (Å²) in [6.07, 6.45) is 0. The van der Waals surface area contributed by atoms with Crippen molar-refractivity contribution in [3.63, 3.8) is 0 Å². The molecule has 0 aliphatic carbocycles. The summed E-state index contributed by atoms with van der Waals surface area (Å²) < 4.78 is 5.54. The summed E-state index contributed by atoms with van der Waals surface area (Å²) in [5.41, 5.74) is 4.66. The number of ether oxygens (including phenoxy) is 1. The maximum Gasteiger partial charge on any atom is 0.282 e. The van der Waals surface area contributed by atoms with Crippen LogP contribution in [0.3, 0.4) is 0 Å². The summed E-state index contributed by atoms with van der Waals surface area (Å²) in [6, 6.07) is 22.6. The van der Waals surface area contributed by atoms with Crippen LogP contribution in [0.25, 0.3) is 5.57 Å². The number of nitrogens with one attached hydrogen (secondary N) is 1. The SMILES string of the molecule is CCOc1ccc(C2=C(Nc3ccc(C(C)(C)C)cc3)C(=O)N(c3ccccc3C)C2=O)cc1. The van der Waals surface area contributed by atoms with E-state index in [1.54, 1.807) is 6.07 Å². The molecule has 1 aliphatic heterocycles. The molecule has 0 aromatic heterocycles. The zero-order valence-corrected chi connectivity index (χ0v) is 20.3. The van der Waals surface area contributed by atoms with E-state index in [1.165, 1.54) is 10.5 Å². The van der Waals surface area contributed by atoms with E-state index in [4.69, 9.17) is 4.74 Å². The number of amides is 2. The minimum absolute atomic E-state index is 0.0199. The van der Waals surface area contributed by atoms with Gasteiger partial charge in [-0.3, -0.25) is 9.59 Å². The molecule has 34 heavy (non-hydrogen) atoms. The van der Waals surface area contributed by atoms with Gasteiger partial charge in [0, 0.05) is 5.69 Å². The summed E-state index contributed by atoms with van der Waals surface area (Å²) in [4.78, 5) is 28.5. The first kappa shape index (κ1) is 23.3. The molecule has 0 unspecified atom stereocenters. The van der Waals surface area contributed by atoms with E-state index in [9.17, 15) is 9.59 Å². The van der Waals surface area contributed by atoms with E-state index in [1.807, 2.05) is 80.6 Å². The lowest BCUT2D eigenvalue weighted by atomic mass is 9.87. The summed E-state index contributed by atoms with van der Waals surface area (Å²) in [5, 5.41) is 3.24. The fourth-order valence-electron chi connectivity index (χ4n) is 4.03. The smallest absolute Gasteiger partial charge is 0.282 e. The Morgan fingerprint density at radius 3 is 2.09 bits per heavy atom. The standard InChI is InChI=1S/C29H30N2O3/c1-6-34-23-17-11-20(12-18-23)25-26(30-22-15-13-21(14-16-22)29(3,4)5)28(33)31(27(25)32)24-10-8-7-9-19(24)2/h7-18,30H,6H2,1-5H3. The molecule has 5 nitrogen and oxygen atoms in total. The van der Waals surface area contributed by atoms with Crippen LogP contribution in [0.2, 0.25) is 0 Å². The van der Waals surface area contributed by atoms with Crippen LogP contribution in [0.15, 0.2) is 78.5 Å². The molecule has 0 radical (unpaired) electrons. The van der Waals surface area contributed by atoms with Crippen LogP contribution in [0.5, 0.6) is 5.75 Å². The van der Waals surface area contributed by atoms with E-state index in [0.717, 1.165) is 11.3 Å². The average molecular weight is 455 g/mol. The van der Waals surface area contributed by atoms with Crippen molar-refractivity contribution in [3.8, 4) is 5.75 Å². The Morgan fingerprint density at radius 1 is 0.853 bits per heavy atom. The molecule has 0 bridgehead atoms. The Kier molecular flexibility index (Phi) is 6.29. The van der Waals surface area contributed by atoms with Crippen LogP contribution in [0.4, 0.5) is 11.4 Å². The van der Waals surface area contributed by atoms with Crippen molar-refractivity contribution in [2.45, 2.75) is 40.0 Å². The van der Waals surface area contributed by atoms with Crippen molar-refractivity contribution in [2.24, 2.45) is 0 Å². The van der Waals surface area contributed by atoms with Crippen LogP contribution in [0, 0.1) is 6.92 Å².